The lowest BCUT2D eigenvalue weighted by molar-refractivity contribution is 0.109. The fraction of sp³-hybridized carbons (Fsp3) is 0.364. The summed E-state index contributed by atoms with van der Waals surface area (Å²) in [4.78, 5) is 0.581. The Kier molecular flexibility index (Phi) is 7.09. The van der Waals surface area contributed by atoms with Crippen LogP contribution in [-0.4, -0.2) is 22.4 Å². The van der Waals surface area contributed by atoms with Crippen molar-refractivity contribution in [3.8, 4) is 0 Å². The van der Waals surface area contributed by atoms with Crippen LogP contribution in [0.1, 0.15) is 44.7 Å². The van der Waals surface area contributed by atoms with Gasteiger partial charge >= 0.3 is 0 Å². The lowest BCUT2D eigenvalue weighted by Crippen LogP contribution is -2.28. The molecule has 2 aromatic rings. The zero-order chi connectivity index (χ0) is 21.9. The highest BCUT2D eigenvalue weighted by Crippen LogP contribution is 2.26. The Hall–Kier alpha value is -1.96. The molecule has 2 aromatic carbocycles. The minimum Gasteiger partial charge on any atom is -0.260 e. The zero-order valence-electron chi connectivity index (χ0n) is 17.5. The third-order valence-electron chi connectivity index (χ3n) is 4.58. The van der Waals surface area contributed by atoms with Crippen molar-refractivity contribution < 1.29 is 21.0 Å². The van der Waals surface area contributed by atoms with Crippen LogP contribution >= 0.6 is 0 Å². The predicted molar refractivity (Wildman–Crippen MR) is 115 cm³/mol. The monoisotopic (exact) mass is 436 g/mol. The summed E-state index contributed by atoms with van der Waals surface area (Å²) in [5.74, 6) is 0. The Morgan fingerprint density at radius 3 is 1.79 bits per heavy atom. The van der Waals surface area contributed by atoms with Gasteiger partial charge in [0.1, 0.15) is 0 Å². The van der Waals surface area contributed by atoms with E-state index in [-0.39, 0.29) is 14.7 Å². The highest BCUT2D eigenvalue weighted by atomic mass is 32.2. The van der Waals surface area contributed by atoms with Gasteiger partial charge in [0, 0.05) is 4.91 Å². The van der Waals surface area contributed by atoms with Crippen LogP contribution in [0.2, 0.25) is 0 Å². The molecular weight excluding hydrogens is 408 g/mol. The van der Waals surface area contributed by atoms with Gasteiger partial charge in [-0.2, -0.15) is 8.42 Å². The van der Waals surface area contributed by atoms with Crippen molar-refractivity contribution in [3.63, 3.8) is 0 Å². The maximum atomic E-state index is 12.6. The smallest absolute Gasteiger partial charge is 0.260 e. The van der Waals surface area contributed by atoms with Gasteiger partial charge in [0.25, 0.3) is 10.1 Å². The normalized spacial score (nSPS) is 13.5. The molecule has 0 saturated heterocycles. The van der Waals surface area contributed by atoms with E-state index in [1.54, 1.807) is 63.2 Å². The molecule has 158 valence electrons. The van der Waals surface area contributed by atoms with Crippen LogP contribution in [-0.2, 0) is 24.1 Å². The standard InChI is InChI=1S/C22H28O5S2/c1-17-8-12-20(13-9-17)28(23,24)19(3)7-6-16-22(4,5)27-29(25,26)21-14-10-18(2)11-15-21/h7-15H,6,16H2,1-5H3/b19-7+. The quantitative estimate of drug-likeness (QED) is 0.548. The molecule has 29 heavy (non-hydrogen) atoms. The Morgan fingerprint density at radius 1 is 0.862 bits per heavy atom. The van der Waals surface area contributed by atoms with Gasteiger partial charge in [-0.15, -0.1) is 0 Å². The van der Waals surface area contributed by atoms with Crippen LogP contribution in [0.3, 0.4) is 0 Å². The number of hydrogen-bond donors (Lipinski definition) is 0. The van der Waals surface area contributed by atoms with Gasteiger partial charge in [0.15, 0.2) is 0 Å². The molecule has 5 nitrogen and oxygen atoms in total. The zero-order valence-corrected chi connectivity index (χ0v) is 19.1. The van der Waals surface area contributed by atoms with Crippen LogP contribution in [0.5, 0.6) is 0 Å². The van der Waals surface area contributed by atoms with E-state index in [0.717, 1.165) is 11.1 Å². The first kappa shape index (κ1) is 23.3. The lowest BCUT2D eigenvalue weighted by atomic mass is 10.0. The van der Waals surface area contributed by atoms with Gasteiger partial charge in [0.2, 0.25) is 9.84 Å². The third kappa shape index (κ3) is 6.26. The van der Waals surface area contributed by atoms with Gasteiger partial charge in [-0.25, -0.2) is 8.42 Å². The predicted octanol–water partition coefficient (Wildman–Crippen LogP) is 4.95. The van der Waals surface area contributed by atoms with Gasteiger partial charge in [-0.05, 0) is 71.7 Å². The van der Waals surface area contributed by atoms with Crippen LogP contribution in [0.4, 0.5) is 0 Å². The Labute approximate surface area is 174 Å². The highest BCUT2D eigenvalue weighted by molar-refractivity contribution is 7.95. The fourth-order valence-electron chi connectivity index (χ4n) is 2.73. The van der Waals surface area contributed by atoms with Crippen LogP contribution < -0.4 is 0 Å². The average molecular weight is 437 g/mol. The van der Waals surface area contributed by atoms with E-state index >= 15 is 0 Å². The molecule has 0 aromatic heterocycles. The van der Waals surface area contributed by atoms with Crippen LogP contribution in [0.15, 0.2) is 69.3 Å². The van der Waals surface area contributed by atoms with Crippen LogP contribution in [0.25, 0.3) is 0 Å². The number of sulfone groups is 1. The molecule has 0 heterocycles. The largest absolute Gasteiger partial charge is 0.297 e. The SMILES string of the molecule is C/C(=C\CCC(C)(C)OS(=O)(=O)c1ccc(C)cc1)S(=O)(=O)c1ccc(C)cc1. The van der Waals surface area contributed by atoms with Crippen LogP contribution in [0, 0.1) is 13.8 Å². The molecule has 0 N–H and O–H groups in total. The molecule has 0 spiro atoms. The molecule has 0 bridgehead atoms. The van der Waals surface area contributed by atoms with Gasteiger partial charge in [0.05, 0.1) is 15.4 Å². The third-order valence-corrected chi connectivity index (χ3v) is 8.01. The van der Waals surface area contributed by atoms with Crippen molar-refractivity contribution in [2.45, 2.75) is 62.9 Å². The van der Waals surface area contributed by atoms with E-state index in [2.05, 4.69) is 0 Å². The highest BCUT2D eigenvalue weighted by Gasteiger charge is 2.28. The first-order chi connectivity index (χ1) is 13.3. The maximum absolute atomic E-state index is 12.6. The Morgan fingerprint density at radius 2 is 1.31 bits per heavy atom. The lowest BCUT2D eigenvalue weighted by Gasteiger charge is -2.24. The molecule has 7 heteroatoms. The molecule has 0 atom stereocenters. The second kappa shape index (κ2) is 8.81. The van der Waals surface area contributed by atoms with E-state index in [9.17, 15) is 16.8 Å². The second-order valence-corrected chi connectivity index (χ2v) is 11.4. The summed E-state index contributed by atoms with van der Waals surface area (Å²) in [7, 11) is -7.45. The molecule has 0 saturated carbocycles. The first-order valence-corrected chi connectivity index (χ1v) is 12.2. The molecule has 0 fully saturated rings. The summed E-state index contributed by atoms with van der Waals surface area (Å²) in [5.41, 5.74) is 0.964. The molecular formula is C22H28O5S2. The maximum Gasteiger partial charge on any atom is 0.297 e. The molecule has 0 radical (unpaired) electrons. The molecule has 0 amide bonds. The first-order valence-electron chi connectivity index (χ1n) is 9.34. The van der Waals surface area contributed by atoms with Gasteiger partial charge in [-0.1, -0.05) is 41.5 Å². The van der Waals surface area contributed by atoms with Gasteiger partial charge in [-0.3, -0.25) is 4.18 Å². The van der Waals surface area contributed by atoms with Crippen molar-refractivity contribution in [1.82, 2.24) is 0 Å². The second-order valence-electron chi connectivity index (χ2n) is 7.78. The fourth-order valence-corrected chi connectivity index (χ4v) is 5.17. The minimum absolute atomic E-state index is 0.102. The topological polar surface area (TPSA) is 77.5 Å². The summed E-state index contributed by atoms with van der Waals surface area (Å²) < 4.78 is 55.7. The summed E-state index contributed by atoms with van der Waals surface area (Å²) >= 11 is 0. The Balaban J connectivity index is 2.07. The number of benzene rings is 2. The number of aryl methyl sites for hydroxylation is 2. The molecule has 0 aliphatic carbocycles. The van der Waals surface area contributed by atoms with Crippen molar-refractivity contribution >= 4 is 20.0 Å². The number of allylic oxidation sites excluding steroid dienone is 2. The van der Waals surface area contributed by atoms with E-state index < -0.39 is 25.6 Å². The summed E-state index contributed by atoms with van der Waals surface area (Å²) in [5, 5.41) is 0. The van der Waals surface area contributed by atoms with Gasteiger partial charge < -0.3 is 0 Å². The molecule has 2 rings (SSSR count). The molecule has 0 aliphatic heterocycles. The van der Waals surface area contributed by atoms with Crippen molar-refractivity contribution in [2.24, 2.45) is 0 Å². The molecule has 0 unspecified atom stereocenters. The number of hydrogen-bond acceptors (Lipinski definition) is 5. The van der Waals surface area contributed by atoms with E-state index in [1.165, 1.54) is 12.1 Å². The number of rotatable bonds is 8. The minimum atomic E-state index is -3.90. The summed E-state index contributed by atoms with van der Waals surface area (Å²) in [6.45, 7) is 8.67. The summed E-state index contributed by atoms with van der Waals surface area (Å²) in [6, 6.07) is 13.1. The van der Waals surface area contributed by atoms with E-state index in [0.29, 0.717) is 12.8 Å². The summed E-state index contributed by atoms with van der Waals surface area (Å²) in [6.07, 6.45) is 2.32. The van der Waals surface area contributed by atoms with E-state index in [4.69, 9.17) is 4.18 Å². The van der Waals surface area contributed by atoms with Crippen molar-refractivity contribution in [3.05, 3.63) is 70.6 Å². The van der Waals surface area contributed by atoms with Crippen molar-refractivity contribution in [2.75, 3.05) is 0 Å². The van der Waals surface area contributed by atoms with Crippen molar-refractivity contribution in [1.29, 1.82) is 0 Å². The Bertz CT molecular complexity index is 1080. The average Bonchev–Trinajstić information content (AvgIpc) is 2.61. The van der Waals surface area contributed by atoms with E-state index in [1.807, 2.05) is 13.8 Å². The molecule has 0 aliphatic rings.